The summed E-state index contributed by atoms with van der Waals surface area (Å²) in [6, 6.07) is 0.280. The molecule has 0 saturated heterocycles. The van der Waals surface area contributed by atoms with E-state index in [1.165, 1.54) is 15.6 Å². The van der Waals surface area contributed by atoms with Crippen molar-refractivity contribution in [2.45, 2.75) is 37.5 Å². The van der Waals surface area contributed by atoms with Crippen molar-refractivity contribution in [3.05, 3.63) is 12.4 Å². The van der Waals surface area contributed by atoms with E-state index in [1.54, 1.807) is 0 Å². The summed E-state index contributed by atoms with van der Waals surface area (Å²) in [6.45, 7) is 3.32. The van der Waals surface area contributed by atoms with Gasteiger partial charge in [-0.05, 0) is 0 Å². The molecule has 1 aromatic heterocycles. The van der Waals surface area contributed by atoms with Crippen molar-refractivity contribution in [1.82, 2.24) is 19.8 Å². The van der Waals surface area contributed by atoms with Gasteiger partial charge in [0.2, 0.25) is 10.0 Å². The summed E-state index contributed by atoms with van der Waals surface area (Å²) in [5, 5.41) is 6.91. The number of rotatable bonds is 7. The average molecular weight is 314 g/mol. The van der Waals surface area contributed by atoms with Gasteiger partial charge in [-0.25, -0.2) is 13.1 Å². The van der Waals surface area contributed by atoms with Crippen LogP contribution in [-0.4, -0.2) is 43.5 Å². The van der Waals surface area contributed by atoms with E-state index in [4.69, 9.17) is 0 Å². The zero-order chi connectivity index (χ0) is 15.4. The Morgan fingerprint density at radius 2 is 2.05 bits per heavy atom. The molecule has 0 amide bonds. The third-order valence-corrected chi connectivity index (χ3v) is 3.63. The molecule has 0 radical (unpaired) electrons. The van der Waals surface area contributed by atoms with E-state index < -0.39 is 22.7 Å². The number of hydrogen-bond acceptors (Lipinski definition) is 4. The second-order valence-corrected chi connectivity index (χ2v) is 6.25. The van der Waals surface area contributed by atoms with Crippen molar-refractivity contribution in [1.29, 1.82) is 0 Å². The molecule has 0 aliphatic carbocycles. The summed E-state index contributed by atoms with van der Waals surface area (Å²) >= 11 is 0. The summed E-state index contributed by atoms with van der Waals surface area (Å²) in [6.07, 6.45) is -2.38. The molecule has 0 unspecified atom stereocenters. The Morgan fingerprint density at radius 1 is 1.40 bits per heavy atom. The highest BCUT2D eigenvalue weighted by Gasteiger charge is 2.30. The zero-order valence-electron chi connectivity index (χ0n) is 11.1. The van der Waals surface area contributed by atoms with Gasteiger partial charge in [0, 0.05) is 18.8 Å². The molecule has 0 atom stereocenters. The first kappa shape index (κ1) is 16.9. The Balaban J connectivity index is 2.61. The first-order valence-corrected chi connectivity index (χ1v) is 7.41. The number of alkyl halides is 3. The molecule has 20 heavy (non-hydrogen) atoms. The minimum atomic E-state index is -4.59. The number of hydrogen-bond donors (Lipinski definition) is 2. The molecule has 1 aromatic rings. The summed E-state index contributed by atoms with van der Waals surface area (Å²) in [4.78, 5) is -0.286. The Labute approximate surface area is 115 Å². The van der Waals surface area contributed by atoms with E-state index in [0.29, 0.717) is 13.1 Å². The molecule has 10 heteroatoms. The minimum absolute atomic E-state index is 0.280. The number of aromatic nitrogens is 2. The molecular formula is C10H17F3N4O2S. The van der Waals surface area contributed by atoms with Crippen LogP contribution < -0.4 is 10.0 Å². The molecule has 0 aliphatic rings. The van der Waals surface area contributed by atoms with Crippen molar-refractivity contribution >= 4 is 10.0 Å². The average Bonchev–Trinajstić information content (AvgIpc) is 2.75. The molecular weight excluding hydrogens is 297 g/mol. The van der Waals surface area contributed by atoms with Gasteiger partial charge in [-0.15, -0.1) is 0 Å². The van der Waals surface area contributed by atoms with Crippen molar-refractivity contribution in [2.24, 2.45) is 0 Å². The number of nitrogens with zero attached hydrogens (tertiary/aromatic N) is 2. The van der Waals surface area contributed by atoms with Crippen LogP contribution >= 0.6 is 0 Å². The van der Waals surface area contributed by atoms with Gasteiger partial charge >= 0.3 is 6.18 Å². The monoisotopic (exact) mass is 314 g/mol. The van der Waals surface area contributed by atoms with Gasteiger partial charge in [-0.2, -0.15) is 18.3 Å². The van der Waals surface area contributed by atoms with E-state index in [2.05, 4.69) is 10.4 Å². The molecule has 1 heterocycles. The van der Waals surface area contributed by atoms with Gasteiger partial charge in [0.25, 0.3) is 0 Å². The third kappa shape index (κ3) is 5.88. The SMILES string of the molecule is CC(C)NCCn1cc(S(=O)(=O)NCC(F)(F)F)cn1. The standard InChI is InChI=1S/C10H17F3N4O2S/c1-8(2)14-3-4-17-6-9(5-15-17)20(18,19)16-7-10(11,12)13/h5-6,8,14,16H,3-4,7H2,1-2H3. The molecule has 116 valence electrons. The lowest BCUT2D eigenvalue weighted by atomic mass is 10.4. The minimum Gasteiger partial charge on any atom is -0.313 e. The zero-order valence-corrected chi connectivity index (χ0v) is 11.9. The highest BCUT2D eigenvalue weighted by atomic mass is 32.2. The fraction of sp³-hybridized carbons (Fsp3) is 0.700. The van der Waals surface area contributed by atoms with Gasteiger partial charge < -0.3 is 5.32 Å². The Bertz CT molecular complexity index is 525. The second-order valence-electron chi connectivity index (χ2n) is 4.49. The van der Waals surface area contributed by atoms with E-state index in [1.807, 2.05) is 13.8 Å². The van der Waals surface area contributed by atoms with Crippen LogP contribution in [0.5, 0.6) is 0 Å². The van der Waals surface area contributed by atoms with Gasteiger partial charge in [-0.3, -0.25) is 4.68 Å². The third-order valence-electron chi connectivity index (χ3n) is 2.28. The van der Waals surface area contributed by atoms with Crippen LogP contribution in [0.3, 0.4) is 0 Å². The number of halogens is 3. The van der Waals surface area contributed by atoms with Crippen LogP contribution in [0.2, 0.25) is 0 Å². The van der Waals surface area contributed by atoms with E-state index in [0.717, 1.165) is 6.20 Å². The Morgan fingerprint density at radius 3 is 2.60 bits per heavy atom. The van der Waals surface area contributed by atoms with Gasteiger partial charge in [-0.1, -0.05) is 13.8 Å². The van der Waals surface area contributed by atoms with Crippen LogP contribution in [0.25, 0.3) is 0 Å². The first-order chi connectivity index (χ1) is 9.10. The fourth-order valence-corrected chi connectivity index (χ4v) is 2.30. The molecule has 0 aliphatic heterocycles. The van der Waals surface area contributed by atoms with Crippen LogP contribution in [0.1, 0.15) is 13.8 Å². The van der Waals surface area contributed by atoms with E-state index in [-0.39, 0.29) is 10.9 Å². The molecule has 2 N–H and O–H groups in total. The van der Waals surface area contributed by atoms with Gasteiger partial charge in [0.15, 0.2) is 0 Å². The fourth-order valence-electron chi connectivity index (χ4n) is 1.33. The lowest BCUT2D eigenvalue weighted by Gasteiger charge is -2.08. The van der Waals surface area contributed by atoms with Crippen LogP contribution in [0, 0.1) is 0 Å². The summed E-state index contributed by atoms with van der Waals surface area (Å²) < 4.78 is 62.0. The van der Waals surface area contributed by atoms with E-state index in [9.17, 15) is 21.6 Å². The Hall–Kier alpha value is -1.13. The predicted molar refractivity (Wildman–Crippen MR) is 66.6 cm³/mol. The topological polar surface area (TPSA) is 76.0 Å². The molecule has 0 spiro atoms. The highest BCUT2D eigenvalue weighted by Crippen LogP contribution is 2.14. The van der Waals surface area contributed by atoms with Crippen LogP contribution in [-0.2, 0) is 16.6 Å². The maximum atomic E-state index is 12.0. The molecule has 1 rings (SSSR count). The lowest BCUT2D eigenvalue weighted by molar-refractivity contribution is -0.121. The van der Waals surface area contributed by atoms with Crippen LogP contribution in [0.15, 0.2) is 17.3 Å². The maximum absolute atomic E-state index is 12.0. The smallest absolute Gasteiger partial charge is 0.313 e. The summed E-state index contributed by atoms with van der Waals surface area (Å²) in [5.74, 6) is 0. The Kier molecular flexibility index (Phi) is 5.54. The molecule has 0 bridgehead atoms. The number of sulfonamides is 1. The van der Waals surface area contributed by atoms with E-state index >= 15 is 0 Å². The van der Waals surface area contributed by atoms with Crippen molar-refractivity contribution < 1.29 is 21.6 Å². The molecule has 0 fully saturated rings. The molecule has 0 saturated carbocycles. The quantitative estimate of drug-likeness (QED) is 0.778. The molecule has 0 aromatic carbocycles. The predicted octanol–water partition coefficient (Wildman–Crippen LogP) is 0.722. The summed E-state index contributed by atoms with van der Waals surface area (Å²) in [7, 11) is -4.19. The maximum Gasteiger partial charge on any atom is 0.402 e. The van der Waals surface area contributed by atoms with Crippen molar-refractivity contribution in [3.63, 3.8) is 0 Å². The van der Waals surface area contributed by atoms with Gasteiger partial charge in [0.1, 0.15) is 11.4 Å². The summed E-state index contributed by atoms with van der Waals surface area (Å²) in [5.41, 5.74) is 0. The lowest BCUT2D eigenvalue weighted by Crippen LogP contribution is -2.33. The normalized spacial score (nSPS) is 13.1. The second kappa shape index (κ2) is 6.55. The van der Waals surface area contributed by atoms with Crippen LogP contribution in [0.4, 0.5) is 13.2 Å². The number of nitrogens with one attached hydrogen (secondary N) is 2. The highest BCUT2D eigenvalue weighted by molar-refractivity contribution is 7.89. The first-order valence-electron chi connectivity index (χ1n) is 5.92. The van der Waals surface area contributed by atoms with Crippen molar-refractivity contribution in [2.75, 3.05) is 13.1 Å². The molecule has 6 nitrogen and oxygen atoms in total. The van der Waals surface area contributed by atoms with Crippen molar-refractivity contribution in [3.8, 4) is 0 Å². The largest absolute Gasteiger partial charge is 0.402 e. The van der Waals surface area contributed by atoms with Gasteiger partial charge in [0.05, 0.1) is 12.7 Å².